The van der Waals surface area contributed by atoms with E-state index in [0.717, 1.165) is 31.5 Å². The van der Waals surface area contributed by atoms with Gasteiger partial charge in [-0.25, -0.2) is 4.98 Å². The van der Waals surface area contributed by atoms with Crippen molar-refractivity contribution >= 4 is 11.9 Å². The van der Waals surface area contributed by atoms with Crippen LogP contribution < -0.4 is 0 Å². The Morgan fingerprint density at radius 3 is 3.20 bits per heavy atom. The summed E-state index contributed by atoms with van der Waals surface area (Å²) < 4.78 is 2.08. The van der Waals surface area contributed by atoms with E-state index in [1.165, 1.54) is 5.57 Å². The summed E-state index contributed by atoms with van der Waals surface area (Å²) in [7, 11) is 0. The first-order valence-electron chi connectivity index (χ1n) is 5.45. The van der Waals surface area contributed by atoms with E-state index in [1.807, 2.05) is 12.5 Å². The van der Waals surface area contributed by atoms with E-state index in [4.69, 9.17) is 0 Å². The van der Waals surface area contributed by atoms with Crippen molar-refractivity contribution in [3.63, 3.8) is 0 Å². The van der Waals surface area contributed by atoms with Crippen molar-refractivity contribution in [2.45, 2.75) is 32.7 Å². The largest absolute Gasteiger partial charge is 0.330 e. The molecule has 15 heavy (non-hydrogen) atoms. The van der Waals surface area contributed by atoms with Crippen LogP contribution in [0.4, 0.5) is 0 Å². The molecule has 0 N–H and O–H groups in total. The first-order valence-corrected chi connectivity index (χ1v) is 5.45. The summed E-state index contributed by atoms with van der Waals surface area (Å²) >= 11 is 0. The summed E-state index contributed by atoms with van der Waals surface area (Å²) in [5.74, 6) is 0.388. The quantitative estimate of drug-likeness (QED) is 0.645. The van der Waals surface area contributed by atoms with Crippen LogP contribution in [0.25, 0.3) is 6.08 Å². The number of Topliss-reactive ketones (excluding diaryl/α,β-unsaturated/α-hetero) is 1. The molecule has 0 amide bonds. The number of aromatic nitrogens is 2. The normalized spacial score (nSPS) is 29.4. The van der Waals surface area contributed by atoms with Gasteiger partial charge in [-0.3, -0.25) is 4.79 Å². The number of allylic oxidation sites excluding steroid dienone is 1. The van der Waals surface area contributed by atoms with Gasteiger partial charge >= 0.3 is 0 Å². The van der Waals surface area contributed by atoms with Crippen LogP contribution in [-0.2, 0) is 11.3 Å². The summed E-state index contributed by atoms with van der Waals surface area (Å²) in [4.78, 5) is 16.1. The van der Waals surface area contributed by atoms with E-state index in [2.05, 4.69) is 22.6 Å². The highest BCUT2D eigenvalue weighted by atomic mass is 16.1. The van der Waals surface area contributed by atoms with Crippen LogP contribution >= 0.6 is 0 Å². The first-order chi connectivity index (χ1) is 7.20. The lowest BCUT2D eigenvalue weighted by Gasteiger charge is -2.38. The number of nitrogens with zero attached hydrogens (tertiary/aromatic N) is 2. The monoisotopic (exact) mass is 202 g/mol. The Hall–Kier alpha value is -1.38. The first kappa shape index (κ1) is 8.89. The number of hydrogen-bond acceptors (Lipinski definition) is 2. The van der Waals surface area contributed by atoms with E-state index < -0.39 is 0 Å². The Balaban J connectivity index is 2.13. The second-order valence-electron chi connectivity index (χ2n) is 4.72. The summed E-state index contributed by atoms with van der Waals surface area (Å²) in [6, 6.07) is 0. The van der Waals surface area contributed by atoms with Gasteiger partial charge in [-0.1, -0.05) is 5.57 Å². The molecule has 3 heteroatoms. The highest BCUT2D eigenvalue weighted by Crippen LogP contribution is 2.42. The molecule has 1 aliphatic heterocycles. The molecule has 1 fully saturated rings. The van der Waals surface area contributed by atoms with Gasteiger partial charge in [-0.2, -0.15) is 0 Å². The SMILES string of the molecule is CC12Cn3cncc3C=C1CCCC2=O. The second kappa shape index (κ2) is 2.81. The minimum absolute atomic E-state index is 0.258. The predicted molar refractivity (Wildman–Crippen MR) is 57.2 cm³/mol. The molecule has 1 atom stereocenters. The third-order valence-electron chi connectivity index (χ3n) is 3.73. The van der Waals surface area contributed by atoms with Gasteiger partial charge in [0.25, 0.3) is 0 Å². The third kappa shape index (κ3) is 1.12. The molecule has 1 aliphatic carbocycles. The minimum Gasteiger partial charge on any atom is -0.330 e. The van der Waals surface area contributed by atoms with E-state index in [1.54, 1.807) is 0 Å². The number of carbonyl (C=O) groups excluding carboxylic acids is 1. The molecule has 2 heterocycles. The Kier molecular flexibility index (Phi) is 1.67. The minimum atomic E-state index is -0.258. The summed E-state index contributed by atoms with van der Waals surface area (Å²) in [6.07, 6.45) is 8.63. The van der Waals surface area contributed by atoms with Crippen molar-refractivity contribution in [3.8, 4) is 0 Å². The van der Waals surface area contributed by atoms with Crippen LogP contribution in [0.3, 0.4) is 0 Å². The van der Waals surface area contributed by atoms with Crippen molar-refractivity contribution < 1.29 is 4.79 Å². The molecule has 1 aromatic heterocycles. The third-order valence-corrected chi connectivity index (χ3v) is 3.73. The molecule has 0 saturated heterocycles. The van der Waals surface area contributed by atoms with E-state index in [-0.39, 0.29) is 5.41 Å². The van der Waals surface area contributed by atoms with E-state index in [0.29, 0.717) is 5.78 Å². The molecule has 2 aliphatic rings. The molecule has 1 unspecified atom stereocenters. The molecule has 3 rings (SSSR count). The average Bonchev–Trinajstić information content (AvgIpc) is 2.63. The van der Waals surface area contributed by atoms with Crippen LogP contribution in [0.5, 0.6) is 0 Å². The van der Waals surface area contributed by atoms with Gasteiger partial charge in [-0.05, 0) is 25.8 Å². The fourth-order valence-electron chi connectivity index (χ4n) is 2.69. The lowest BCUT2D eigenvalue weighted by Crippen LogP contribution is -2.39. The number of hydrogen-bond donors (Lipinski definition) is 0. The molecule has 1 saturated carbocycles. The van der Waals surface area contributed by atoms with Gasteiger partial charge in [0, 0.05) is 13.0 Å². The predicted octanol–water partition coefficient (Wildman–Crippen LogP) is 2.04. The molecule has 0 aromatic carbocycles. The highest BCUT2D eigenvalue weighted by molar-refractivity contribution is 5.90. The van der Waals surface area contributed by atoms with Gasteiger partial charge in [0.1, 0.15) is 5.78 Å². The van der Waals surface area contributed by atoms with Crippen molar-refractivity contribution in [1.82, 2.24) is 9.55 Å². The Bertz CT molecular complexity index is 458. The van der Waals surface area contributed by atoms with Gasteiger partial charge < -0.3 is 4.57 Å². The molecule has 78 valence electrons. The Morgan fingerprint density at radius 1 is 1.47 bits per heavy atom. The van der Waals surface area contributed by atoms with Crippen molar-refractivity contribution in [2.24, 2.45) is 5.41 Å². The summed E-state index contributed by atoms with van der Waals surface area (Å²) in [5.41, 5.74) is 2.18. The number of fused-ring (bicyclic) bond motifs is 2. The maximum absolute atomic E-state index is 12.0. The molecule has 0 spiro atoms. The maximum Gasteiger partial charge on any atom is 0.144 e. The van der Waals surface area contributed by atoms with Gasteiger partial charge in [0.15, 0.2) is 0 Å². The van der Waals surface area contributed by atoms with Crippen LogP contribution in [0, 0.1) is 5.41 Å². The van der Waals surface area contributed by atoms with Crippen LogP contribution in [0.2, 0.25) is 0 Å². The second-order valence-corrected chi connectivity index (χ2v) is 4.72. The number of ketones is 1. The standard InChI is InChI=1S/C12H14N2O/c1-12-7-14-8-13-6-10(14)5-9(12)3-2-4-11(12)15/h5-6,8H,2-4,7H2,1H3. The summed E-state index contributed by atoms with van der Waals surface area (Å²) in [6.45, 7) is 2.84. The van der Waals surface area contributed by atoms with Gasteiger partial charge in [0.2, 0.25) is 0 Å². The smallest absolute Gasteiger partial charge is 0.144 e. The fraction of sp³-hybridized carbons (Fsp3) is 0.500. The Labute approximate surface area is 88.8 Å². The van der Waals surface area contributed by atoms with Crippen LogP contribution in [0.15, 0.2) is 18.1 Å². The van der Waals surface area contributed by atoms with Gasteiger partial charge in [0.05, 0.1) is 23.6 Å². The number of carbonyl (C=O) groups is 1. The lowest BCUT2D eigenvalue weighted by molar-refractivity contribution is -0.128. The van der Waals surface area contributed by atoms with Crippen LogP contribution in [0.1, 0.15) is 31.9 Å². The zero-order valence-electron chi connectivity index (χ0n) is 8.86. The van der Waals surface area contributed by atoms with Crippen LogP contribution in [-0.4, -0.2) is 15.3 Å². The molecular formula is C12H14N2O. The molecule has 3 nitrogen and oxygen atoms in total. The van der Waals surface area contributed by atoms with Crippen molar-refractivity contribution in [3.05, 3.63) is 23.8 Å². The van der Waals surface area contributed by atoms with Gasteiger partial charge in [-0.15, -0.1) is 0 Å². The average molecular weight is 202 g/mol. The number of imidazole rings is 1. The molecular weight excluding hydrogens is 188 g/mol. The lowest BCUT2D eigenvalue weighted by atomic mass is 9.69. The zero-order chi connectivity index (χ0) is 10.5. The summed E-state index contributed by atoms with van der Waals surface area (Å²) in [5, 5.41) is 0. The fourth-order valence-corrected chi connectivity index (χ4v) is 2.69. The zero-order valence-corrected chi connectivity index (χ0v) is 8.86. The highest BCUT2D eigenvalue weighted by Gasteiger charge is 2.41. The van der Waals surface area contributed by atoms with E-state index >= 15 is 0 Å². The van der Waals surface area contributed by atoms with E-state index in [9.17, 15) is 4.79 Å². The van der Waals surface area contributed by atoms with Crippen molar-refractivity contribution in [2.75, 3.05) is 0 Å². The maximum atomic E-state index is 12.0. The Morgan fingerprint density at radius 2 is 2.33 bits per heavy atom. The number of rotatable bonds is 0. The molecule has 1 aromatic rings. The molecule has 0 radical (unpaired) electrons. The topological polar surface area (TPSA) is 34.9 Å². The molecule has 0 bridgehead atoms. The van der Waals surface area contributed by atoms with Crippen molar-refractivity contribution in [1.29, 1.82) is 0 Å².